The van der Waals surface area contributed by atoms with Gasteiger partial charge in [-0.05, 0) is 30.5 Å². The van der Waals surface area contributed by atoms with Crippen molar-refractivity contribution in [1.82, 2.24) is 5.32 Å². The van der Waals surface area contributed by atoms with Gasteiger partial charge in [0.15, 0.2) is 0 Å². The lowest BCUT2D eigenvalue weighted by atomic mass is 9.92. The van der Waals surface area contributed by atoms with Crippen LogP contribution < -0.4 is 5.32 Å². The van der Waals surface area contributed by atoms with E-state index in [1.165, 1.54) is 21.7 Å². The van der Waals surface area contributed by atoms with E-state index in [2.05, 4.69) is 41.7 Å². The molecule has 2 atom stereocenters. The Morgan fingerprint density at radius 3 is 2.65 bits per heavy atom. The Hall–Kier alpha value is -1.16. The first-order valence-corrected chi connectivity index (χ1v) is 8.20. The molecule has 0 spiro atoms. The maximum atomic E-state index is 9.97. The van der Waals surface area contributed by atoms with Crippen molar-refractivity contribution < 1.29 is 5.11 Å². The van der Waals surface area contributed by atoms with Crippen LogP contribution in [0.4, 0.5) is 0 Å². The second-order valence-corrected chi connectivity index (χ2v) is 6.64. The zero-order valence-corrected chi connectivity index (χ0v) is 12.4. The molecule has 0 bridgehead atoms. The predicted molar refractivity (Wildman–Crippen MR) is 84.9 cm³/mol. The first kappa shape index (κ1) is 13.8. The van der Waals surface area contributed by atoms with Gasteiger partial charge in [-0.25, -0.2) is 0 Å². The summed E-state index contributed by atoms with van der Waals surface area (Å²) in [5, 5.41) is 13.5. The molecule has 20 heavy (non-hydrogen) atoms. The highest BCUT2D eigenvalue weighted by atomic mass is 32.1. The number of aliphatic hydroxyl groups is 1. The number of aliphatic hydroxyl groups excluding tert-OH is 1. The lowest BCUT2D eigenvalue weighted by Crippen LogP contribution is -2.41. The number of hydrogen-bond acceptors (Lipinski definition) is 3. The van der Waals surface area contributed by atoms with Crippen LogP contribution in [-0.2, 0) is 6.54 Å². The fourth-order valence-corrected chi connectivity index (χ4v) is 3.78. The first-order valence-electron chi connectivity index (χ1n) is 7.38. The normalized spacial score (nSPS) is 22.9. The minimum Gasteiger partial charge on any atom is -0.392 e. The molecule has 106 valence electrons. The van der Waals surface area contributed by atoms with Crippen molar-refractivity contribution in [3.63, 3.8) is 0 Å². The molecule has 0 saturated heterocycles. The van der Waals surface area contributed by atoms with E-state index in [1.54, 1.807) is 0 Å². The molecule has 0 radical (unpaired) electrons. The summed E-state index contributed by atoms with van der Waals surface area (Å²) in [6.07, 6.45) is 4.26. The molecular formula is C17H21NOS. The quantitative estimate of drug-likeness (QED) is 0.896. The second kappa shape index (κ2) is 6.53. The molecule has 1 aliphatic carbocycles. The third-order valence-electron chi connectivity index (χ3n) is 3.99. The molecule has 3 rings (SSSR count). The van der Waals surface area contributed by atoms with E-state index >= 15 is 0 Å². The van der Waals surface area contributed by atoms with Crippen molar-refractivity contribution in [3.8, 4) is 10.4 Å². The van der Waals surface area contributed by atoms with E-state index in [0.29, 0.717) is 0 Å². The van der Waals surface area contributed by atoms with Crippen LogP contribution in [-0.4, -0.2) is 17.3 Å². The third-order valence-corrected chi connectivity index (χ3v) is 5.12. The van der Waals surface area contributed by atoms with Crippen LogP contribution in [0.15, 0.2) is 42.5 Å². The molecule has 2 nitrogen and oxygen atoms in total. The van der Waals surface area contributed by atoms with Gasteiger partial charge in [0.2, 0.25) is 0 Å². The summed E-state index contributed by atoms with van der Waals surface area (Å²) in [5.41, 5.74) is 1.28. The van der Waals surface area contributed by atoms with Crippen molar-refractivity contribution >= 4 is 11.3 Å². The molecule has 2 aromatic rings. The molecule has 2 unspecified atom stereocenters. The van der Waals surface area contributed by atoms with E-state index in [-0.39, 0.29) is 12.1 Å². The topological polar surface area (TPSA) is 32.3 Å². The highest BCUT2D eigenvalue weighted by Gasteiger charge is 2.22. The van der Waals surface area contributed by atoms with Gasteiger partial charge in [0.25, 0.3) is 0 Å². The average molecular weight is 287 g/mol. The zero-order valence-electron chi connectivity index (χ0n) is 11.6. The molecule has 1 heterocycles. The van der Waals surface area contributed by atoms with Crippen LogP contribution >= 0.6 is 11.3 Å². The Kier molecular flexibility index (Phi) is 4.51. The van der Waals surface area contributed by atoms with Crippen LogP contribution in [0.3, 0.4) is 0 Å². The minimum absolute atomic E-state index is 0.169. The van der Waals surface area contributed by atoms with Gasteiger partial charge in [-0.3, -0.25) is 0 Å². The molecule has 0 aliphatic heterocycles. The Morgan fingerprint density at radius 2 is 1.85 bits per heavy atom. The fourth-order valence-electron chi connectivity index (χ4n) is 2.81. The number of benzene rings is 1. The largest absolute Gasteiger partial charge is 0.392 e. The number of hydrogen-bond donors (Lipinski definition) is 2. The summed E-state index contributed by atoms with van der Waals surface area (Å²) in [5.74, 6) is 0. The maximum absolute atomic E-state index is 9.97. The smallest absolute Gasteiger partial charge is 0.0693 e. The van der Waals surface area contributed by atoms with Crippen molar-refractivity contribution in [2.75, 3.05) is 0 Å². The van der Waals surface area contributed by atoms with Crippen molar-refractivity contribution in [2.45, 2.75) is 44.4 Å². The standard InChI is InChI=1S/C17H21NOS/c19-16-9-5-4-8-15(16)18-12-14-10-11-17(20-14)13-6-2-1-3-7-13/h1-3,6-7,10-11,15-16,18-19H,4-5,8-9,12H2. The van der Waals surface area contributed by atoms with Crippen molar-refractivity contribution in [3.05, 3.63) is 47.3 Å². The molecular weight excluding hydrogens is 266 g/mol. The number of rotatable bonds is 4. The summed E-state index contributed by atoms with van der Waals surface area (Å²) in [7, 11) is 0. The van der Waals surface area contributed by atoms with E-state index < -0.39 is 0 Å². The Morgan fingerprint density at radius 1 is 1.05 bits per heavy atom. The number of thiophene rings is 1. The van der Waals surface area contributed by atoms with E-state index in [1.807, 2.05) is 17.4 Å². The summed E-state index contributed by atoms with van der Waals surface area (Å²) in [6, 6.07) is 15.1. The first-order chi connectivity index (χ1) is 9.83. The second-order valence-electron chi connectivity index (χ2n) is 5.47. The van der Waals surface area contributed by atoms with E-state index in [9.17, 15) is 5.11 Å². The van der Waals surface area contributed by atoms with Crippen LogP contribution in [0.5, 0.6) is 0 Å². The number of nitrogens with one attached hydrogen (secondary N) is 1. The molecule has 1 saturated carbocycles. The summed E-state index contributed by atoms with van der Waals surface area (Å²) >= 11 is 1.83. The fraction of sp³-hybridized carbons (Fsp3) is 0.412. The summed E-state index contributed by atoms with van der Waals surface area (Å²) < 4.78 is 0. The highest BCUT2D eigenvalue weighted by Crippen LogP contribution is 2.28. The van der Waals surface area contributed by atoms with Gasteiger partial charge in [-0.2, -0.15) is 0 Å². The van der Waals surface area contributed by atoms with Gasteiger partial charge < -0.3 is 10.4 Å². The Labute approximate surface area is 124 Å². The van der Waals surface area contributed by atoms with Gasteiger partial charge in [-0.15, -0.1) is 11.3 Å². The maximum Gasteiger partial charge on any atom is 0.0693 e. The van der Waals surface area contributed by atoms with Gasteiger partial charge in [0.05, 0.1) is 6.10 Å². The third kappa shape index (κ3) is 3.29. The summed E-state index contributed by atoms with van der Waals surface area (Å²) in [6.45, 7) is 0.860. The SMILES string of the molecule is OC1CCCCC1NCc1ccc(-c2ccccc2)s1. The van der Waals surface area contributed by atoms with Crippen LogP contribution in [0.2, 0.25) is 0 Å². The van der Waals surface area contributed by atoms with Crippen LogP contribution in [0.25, 0.3) is 10.4 Å². The molecule has 2 N–H and O–H groups in total. The monoisotopic (exact) mass is 287 g/mol. The summed E-state index contributed by atoms with van der Waals surface area (Å²) in [4.78, 5) is 2.65. The Balaban J connectivity index is 1.60. The zero-order chi connectivity index (χ0) is 13.8. The molecule has 1 fully saturated rings. The molecule has 1 aliphatic rings. The van der Waals surface area contributed by atoms with Gasteiger partial charge in [0, 0.05) is 22.3 Å². The predicted octanol–water partition coefficient (Wildman–Crippen LogP) is 3.81. The Bertz CT molecular complexity index is 537. The van der Waals surface area contributed by atoms with Crippen molar-refractivity contribution in [2.24, 2.45) is 0 Å². The van der Waals surface area contributed by atoms with Gasteiger partial charge in [-0.1, -0.05) is 43.2 Å². The lowest BCUT2D eigenvalue weighted by Gasteiger charge is -2.28. The molecule has 1 aromatic carbocycles. The van der Waals surface area contributed by atoms with Gasteiger partial charge >= 0.3 is 0 Å². The van der Waals surface area contributed by atoms with Crippen LogP contribution in [0.1, 0.15) is 30.6 Å². The highest BCUT2D eigenvalue weighted by molar-refractivity contribution is 7.15. The lowest BCUT2D eigenvalue weighted by molar-refractivity contribution is 0.0904. The van der Waals surface area contributed by atoms with Gasteiger partial charge in [0.1, 0.15) is 0 Å². The minimum atomic E-state index is -0.169. The van der Waals surface area contributed by atoms with Crippen LogP contribution in [0, 0.1) is 0 Å². The average Bonchev–Trinajstić information content (AvgIpc) is 2.96. The molecule has 3 heteroatoms. The van der Waals surface area contributed by atoms with E-state index in [4.69, 9.17) is 0 Å². The van der Waals surface area contributed by atoms with Crippen molar-refractivity contribution in [1.29, 1.82) is 0 Å². The van der Waals surface area contributed by atoms with E-state index in [0.717, 1.165) is 25.8 Å². The molecule has 1 aromatic heterocycles. The molecule has 0 amide bonds.